The summed E-state index contributed by atoms with van der Waals surface area (Å²) in [5.74, 6) is -1.25. The maximum absolute atomic E-state index is 13.5. The Bertz CT molecular complexity index is 404. The Morgan fingerprint density at radius 3 is 2.75 bits per heavy atom. The van der Waals surface area contributed by atoms with Crippen LogP contribution < -0.4 is 5.32 Å². The minimum Gasteiger partial charge on any atom is -0.504 e. The maximum atomic E-state index is 13.5. The SMILES string of the molecule is CC1(c2c(O)c(O)cc(F)c2Br)CCCN1. The molecule has 0 saturated carbocycles. The lowest BCUT2D eigenvalue weighted by atomic mass is 9.89. The predicted molar refractivity (Wildman–Crippen MR) is 62.0 cm³/mol. The average Bonchev–Trinajstić information content (AvgIpc) is 2.63. The summed E-state index contributed by atoms with van der Waals surface area (Å²) in [7, 11) is 0. The Hall–Kier alpha value is -0.810. The van der Waals surface area contributed by atoms with Crippen molar-refractivity contribution in [3.8, 4) is 11.5 Å². The van der Waals surface area contributed by atoms with E-state index in [2.05, 4.69) is 21.2 Å². The maximum Gasteiger partial charge on any atom is 0.163 e. The van der Waals surface area contributed by atoms with Gasteiger partial charge in [-0.2, -0.15) is 0 Å². The average molecular weight is 290 g/mol. The standard InChI is InChI=1S/C11H13BrFNO2/c1-11(3-2-4-14-11)8-9(12)6(13)5-7(15)10(8)16/h5,14-16H,2-4H2,1H3. The van der Waals surface area contributed by atoms with Crippen molar-refractivity contribution < 1.29 is 14.6 Å². The van der Waals surface area contributed by atoms with E-state index in [1.54, 1.807) is 0 Å². The van der Waals surface area contributed by atoms with Crippen LogP contribution in [0.4, 0.5) is 4.39 Å². The number of halogens is 2. The Kier molecular flexibility index (Phi) is 2.84. The van der Waals surface area contributed by atoms with Gasteiger partial charge in [-0.15, -0.1) is 0 Å². The van der Waals surface area contributed by atoms with Crippen LogP contribution in [-0.4, -0.2) is 16.8 Å². The molecule has 1 aromatic carbocycles. The lowest BCUT2D eigenvalue weighted by Gasteiger charge is -2.27. The third-order valence-electron chi connectivity index (χ3n) is 3.09. The van der Waals surface area contributed by atoms with Crippen LogP contribution >= 0.6 is 15.9 Å². The Balaban J connectivity index is 2.63. The highest BCUT2D eigenvalue weighted by Gasteiger charge is 2.36. The van der Waals surface area contributed by atoms with Gasteiger partial charge in [0.05, 0.1) is 4.47 Å². The van der Waals surface area contributed by atoms with Gasteiger partial charge in [0, 0.05) is 17.2 Å². The van der Waals surface area contributed by atoms with Gasteiger partial charge in [-0.05, 0) is 42.2 Å². The first-order valence-electron chi connectivity index (χ1n) is 5.11. The molecule has 16 heavy (non-hydrogen) atoms. The molecule has 0 amide bonds. The molecule has 0 radical (unpaired) electrons. The summed E-state index contributed by atoms with van der Waals surface area (Å²) in [5, 5.41) is 22.5. The fourth-order valence-electron chi connectivity index (χ4n) is 2.21. The monoisotopic (exact) mass is 289 g/mol. The van der Waals surface area contributed by atoms with Gasteiger partial charge < -0.3 is 15.5 Å². The summed E-state index contributed by atoms with van der Waals surface area (Å²) in [6.45, 7) is 2.71. The van der Waals surface area contributed by atoms with E-state index in [0.717, 1.165) is 25.5 Å². The summed E-state index contributed by atoms with van der Waals surface area (Å²) < 4.78 is 13.7. The number of rotatable bonds is 1. The predicted octanol–water partition coefficient (Wildman–Crippen LogP) is 2.60. The zero-order chi connectivity index (χ0) is 11.9. The van der Waals surface area contributed by atoms with E-state index < -0.39 is 17.1 Å². The van der Waals surface area contributed by atoms with Gasteiger partial charge in [0.1, 0.15) is 5.82 Å². The van der Waals surface area contributed by atoms with Crippen LogP contribution in [0.1, 0.15) is 25.3 Å². The van der Waals surface area contributed by atoms with E-state index in [9.17, 15) is 14.6 Å². The highest BCUT2D eigenvalue weighted by atomic mass is 79.9. The van der Waals surface area contributed by atoms with Gasteiger partial charge in [0.25, 0.3) is 0 Å². The molecule has 3 N–H and O–H groups in total. The molecule has 2 rings (SSSR count). The van der Waals surface area contributed by atoms with Gasteiger partial charge in [-0.3, -0.25) is 0 Å². The van der Waals surface area contributed by atoms with Crippen LogP contribution in [0.2, 0.25) is 0 Å². The van der Waals surface area contributed by atoms with Crippen LogP contribution in [0, 0.1) is 5.82 Å². The second-order valence-electron chi connectivity index (χ2n) is 4.28. The molecule has 0 aliphatic carbocycles. The number of hydrogen-bond acceptors (Lipinski definition) is 3. The first-order valence-corrected chi connectivity index (χ1v) is 5.90. The molecular formula is C11H13BrFNO2. The molecule has 0 aromatic heterocycles. The number of benzene rings is 1. The van der Waals surface area contributed by atoms with Crippen LogP contribution in [0.25, 0.3) is 0 Å². The van der Waals surface area contributed by atoms with Crippen LogP contribution in [0.15, 0.2) is 10.5 Å². The zero-order valence-corrected chi connectivity index (χ0v) is 10.4. The fraction of sp³-hybridized carbons (Fsp3) is 0.455. The van der Waals surface area contributed by atoms with Crippen LogP contribution in [0.3, 0.4) is 0 Å². The van der Waals surface area contributed by atoms with Crippen molar-refractivity contribution in [2.45, 2.75) is 25.3 Å². The lowest BCUT2D eigenvalue weighted by Crippen LogP contribution is -2.33. The van der Waals surface area contributed by atoms with Crippen molar-refractivity contribution in [1.82, 2.24) is 5.32 Å². The van der Waals surface area contributed by atoms with E-state index in [1.807, 2.05) is 6.92 Å². The third-order valence-corrected chi connectivity index (χ3v) is 3.87. The molecule has 1 fully saturated rings. The highest BCUT2D eigenvalue weighted by molar-refractivity contribution is 9.10. The highest BCUT2D eigenvalue weighted by Crippen LogP contribution is 2.45. The molecule has 3 nitrogen and oxygen atoms in total. The van der Waals surface area contributed by atoms with Crippen molar-refractivity contribution in [3.63, 3.8) is 0 Å². The molecule has 1 aliphatic heterocycles. The summed E-state index contributed by atoms with van der Waals surface area (Å²) in [5.41, 5.74) is -0.106. The van der Waals surface area contributed by atoms with Gasteiger partial charge in [-0.25, -0.2) is 4.39 Å². The fourth-order valence-corrected chi connectivity index (χ4v) is 2.95. The van der Waals surface area contributed by atoms with E-state index >= 15 is 0 Å². The molecule has 0 spiro atoms. The van der Waals surface area contributed by atoms with E-state index in [-0.39, 0.29) is 10.2 Å². The van der Waals surface area contributed by atoms with E-state index in [0.29, 0.717) is 5.56 Å². The largest absolute Gasteiger partial charge is 0.504 e. The van der Waals surface area contributed by atoms with Crippen molar-refractivity contribution >= 4 is 15.9 Å². The van der Waals surface area contributed by atoms with Crippen molar-refractivity contribution in [3.05, 3.63) is 21.9 Å². The third kappa shape index (κ3) is 1.68. The van der Waals surface area contributed by atoms with Crippen LogP contribution in [-0.2, 0) is 5.54 Å². The molecule has 88 valence electrons. The number of phenolic OH excluding ortho intramolecular Hbond substituents is 2. The smallest absolute Gasteiger partial charge is 0.163 e. The lowest BCUT2D eigenvalue weighted by molar-refractivity contribution is 0.359. The second-order valence-corrected chi connectivity index (χ2v) is 5.07. The summed E-state index contributed by atoms with van der Waals surface area (Å²) in [6.07, 6.45) is 1.75. The quantitative estimate of drug-likeness (QED) is 0.697. The molecule has 0 bridgehead atoms. The van der Waals surface area contributed by atoms with Crippen molar-refractivity contribution in [2.24, 2.45) is 0 Å². The molecule has 1 aromatic rings. The van der Waals surface area contributed by atoms with Gasteiger partial charge in [-0.1, -0.05) is 0 Å². The number of phenols is 2. The van der Waals surface area contributed by atoms with Crippen molar-refractivity contribution in [1.29, 1.82) is 0 Å². The normalized spacial score (nSPS) is 24.9. The summed E-state index contributed by atoms with van der Waals surface area (Å²) >= 11 is 3.12. The molecule has 1 atom stereocenters. The minimum atomic E-state index is -0.569. The minimum absolute atomic E-state index is 0.208. The summed E-state index contributed by atoms with van der Waals surface area (Å²) in [4.78, 5) is 0. The Morgan fingerprint density at radius 2 is 2.19 bits per heavy atom. The first-order chi connectivity index (χ1) is 7.46. The zero-order valence-electron chi connectivity index (χ0n) is 8.85. The van der Waals surface area contributed by atoms with E-state index in [4.69, 9.17) is 0 Å². The second kappa shape index (κ2) is 3.89. The van der Waals surface area contributed by atoms with Gasteiger partial charge in [0.2, 0.25) is 0 Å². The molecule has 1 heterocycles. The van der Waals surface area contributed by atoms with Gasteiger partial charge >= 0.3 is 0 Å². The van der Waals surface area contributed by atoms with Gasteiger partial charge in [0.15, 0.2) is 11.5 Å². The molecule has 1 unspecified atom stereocenters. The molecule has 1 saturated heterocycles. The van der Waals surface area contributed by atoms with Crippen molar-refractivity contribution in [2.75, 3.05) is 6.54 Å². The number of nitrogens with one attached hydrogen (secondary N) is 1. The van der Waals surface area contributed by atoms with Crippen LogP contribution in [0.5, 0.6) is 11.5 Å². The molecule has 5 heteroatoms. The number of hydrogen-bond donors (Lipinski definition) is 3. The molecular weight excluding hydrogens is 277 g/mol. The Labute approximate surface area is 101 Å². The Morgan fingerprint density at radius 1 is 1.50 bits per heavy atom. The number of aromatic hydroxyl groups is 2. The first kappa shape index (κ1) is 11.7. The summed E-state index contributed by atoms with van der Waals surface area (Å²) in [6, 6.07) is 0.904. The topological polar surface area (TPSA) is 52.5 Å². The van der Waals surface area contributed by atoms with E-state index in [1.165, 1.54) is 0 Å². The molecule has 1 aliphatic rings.